The van der Waals surface area contributed by atoms with Gasteiger partial charge >= 0.3 is 5.97 Å². The van der Waals surface area contributed by atoms with Crippen molar-refractivity contribution in [3.63, 3.8) is 0 Å². The molecule has 6 heteroatoms. The summed E-state index contributed by atoms with van der Waals surface area (Å²) < 4.78 is 15.4. The average molecular weight is 369 g/mol. The number of hydrogen-bond donors (Lipinski definition) is 0. The van der Waals surface area contributed by atoms with Gasteiger partial charge in [0, 0.05) is 19.5 Å². The van der Waals surface area contributed by atoms with Crippen molar-refractivity contribution in [2.45, 2.75) is 25.8 Å². The van der Waals surface area contributed by atoms with Crippen molar-refractivity contribution in [2.75, 3.05) is 20.4 Å². The van der Waals surface area contributed by atoms with Crippen molar-refractivity contribution in [2.24, 2.45) is 0 Å². The molecule has 2 aromatic carbocycles. The van der Waals surface area contributed by atoms with Crippen LogP contribution in [0.5, 0.6) is 11.5 Å². The van der Waals surface area contributed by atoms with E-state index in [4.69, 9.17) is 14.2 Å². The minimum atomic E-state index is -0.332. The number of amides is 1. The van der Waals surface area contributed by atoms with Crippen LogP contribution in [0.4, 0.5) is 0 Å². The molecule has 0 fully saturated rings. The van der Waals surface area contributed by atoms with Crippen molar-refractivity contribution >= 4 is 11.9 Å². The molecule has 0 radical (unpaired) electrons. The molecule has 142 valence electrons. The van der Waals surface area contributed by atoms with Crippen LogP contribution < -0.4 is 9.47 Å². The van der Waals surface area contributed by atoms with E-state index in [9.17, 15) is 9.59 Å². The predicted octanol–water partition coefficient (Wildman–Crippen LogP) is 2.94. The Bertz CT molecular complexity index is 790. The van der Waals surface area contributed by atoms with Crippen molar-refractivity contribution in [1.82, 2.24) is 4.90 Å². The smallest absolute Gasteiger partial charge is 0.307 e. The number of ether oxygens (including phenoxy) is 3. The first kappa shape index (κ1) is 18.8. The Balaban J connectivity index is 1.65. The molecule has 0 saturated carbocycles. The number of rotatable bonds is 8. The molecule has 1 aliphatic rings. The third-order valence-electron chi connectivity index (χ3n) is 4.45. The van der Waals surface area contributed by atoms with Crippen LogP contribution in [0.15, 0.2) is 48.5 Å². The number of carbonyl (C=O) groups is 2. The molecule has 0 aliphatic carbocycles. The Hall–Kier alpha value is -3.02. The highest BCUT2D eigenvalue weighted by atomic mass is 16.7. The topological polar surface area (TPSA) is 65.1 Å². The highest BCUT2D eigenvalue weighted by Gasteiger charge is 2.18. The molecular formula is C21H23NO5. The van der Waals surface area contributed by atoms with Crippen LogP contribution in [-0.4, -0.2) is 37.2 Å². The minimum Gasteiger partial charge on any atom is -0.469 e. The largest absolute Gasteiger partial charge is 0.469 e. The number of esters is 1. The monoisotopic (exact) mass is 369 g/mol. The van der Waals surface area contributed by atoms with E-state index in [0.29, 0.717) is 37.4 Å². The van der Waals surface area contributed by atoms with Crippen LogP contribution in [0.25, 0.3) is 0 Å². The normalized spacial score (nSPS) is 11.9. The van der Waals surface area contributed by atoms with Gasteiger partial charge in [-0.3, -0.25) is 9.59 Å². The van der Waals surface area contributed by atoms with Crippen molar-refractivity contribution < 1.29 is 23.8 Å². The average Bonchev–Trinajstić information content (AvgIpc) is 3.17. The number of methoxy groups -OCH3 is 1. The van der Waals surface area contributed by atoms with Gasteiger partial charge in [0.1, 0.15) is 0 Å². The van der Waals surface area contributed by atoms with E-state index >= 15 is 0 Å². The van der Waals surface area contributed by atoms with Crippen molar-refractivity contribution in [3.8, 4) is 11.5 Å². The van der Waals surface area contributed by atoms with E-state index in [-0.39, 0.29) is 25.1 Å². The fourth-order valence-electron chi connectivity index (χ4n) is 2.93. The fourth-order valence-corrected chi connectivity index (χ4v) is 2.93. The van der Waals surface area contributed by atoms with Gasteiger partial charge in [-0.2, -0.15) is 0 Å². The van der Waals surface area contributed by atoms with Crippen LogP contribution in [0.3, 0.4) is 0 Å². The number of fused-ring (bicyclic) bond motifs is 1. The van der Waals surface area contributed by atoms with E-state index in [1.165, 1.54) is 7.11 Å². The van der Waals surface area contributed by atoms with Gasteiger partial charge in [0.15, 0.2) is 11.5 Å². The SMILES string of the molecule is COC(=O)CCN(Cc1ccc2c(c1)OCO2)C(=O)CCc1ccccc1. The number of nitrogens with zero attached hydrogens (tertiary/aromatic N) is 1. The summed E-state index contributed by atoms with van der Waals surface area (Å²) in [7, 11) is 1.35. The first-order valence-corrected chi connectivity index (χ1v) is 8.93. The Morgan fingerprint density at radius 1 is 1.00 bits per heavy atom. The Kier molecular flexibility index (Phi) is 6.30. The van der Waals surface area contributed by atoms with Crippen LogP contribution in [0.1, 0.15) is 24.0 Å². The quantitative estimate of drug-likeness (QED) is 0.670. The maximum atomic E-state index is 12.8. The molecule has 0 N–H and O–H groups in total. The standard InChI is InChI=1S/C21H23NO5/c1-25-21(24)11-12-22(20(23)10-8-16-5-3-2-4-6-16)14-17-7-9-18-19(13-17)27-15-26-18/h2-7,9,13H,8,10-12,14-15H2,1H3. The van der Waals surface area contributed by atoms with Crippen molar-refractivity contribution in [1.29, 1.82) is 0 Å². The summed E-state index contributed by atoms with van der Waals surface area (Å²) in [5.74, 6) is 1.05. The molecular weight excluding hydrogens is 346 g/mol. The summed E-state index contributed by atoms with van der Waals surface area (Å²) >= 11 is 0. The highest BCUT2D eigenvalue weighted by molar-refractivity contribution is 5.77. The molecule has 3 rings (SSSR count). The van der Waals surface area contributed by atoms with Gasteiger partial charge in [0.2, 0.25) is 12.7 Å². The molecule has 0 saturated heterocycles. The zero-order valence-corrected chi connectivity index (χ0v) is 15.3. The lowest BCUT2D eigenvalue weighted by molar-refractivity contribution is -0.142. The molecule has 0 aromatic heterocycles. The first-order valence-electron chi connectivity index (χ1n) is 8.93. The zero-order chi connectivity index (χ0) is 19.1. The van der Waals surface area contributed by atoms with E-state index < -0.39 is 0 Å². The lowest BCUT2D eigenvalue weighted by atomic mass is 10.1. The summed E-state index contributed by atoms with van der Waals surface area (Å²) in [6.45, 7) is 0.927. The first-order chi connectivity index (χ1) is 13.2. The maximum absolute atomic E-state index is 12.8. The molecule has 0 bridgehead atoms. The molecule has 0 unspecified atom stereocenters. The number of aryl methyl sites for hydroxylation is 1. The summed E-state index contributed by atoms with van der Waals surface area (Å²) in [4.78, 5) is 26.0. The van der Waals surface area contributed by atoms with Crippen LogP contribution >= 0.6 is 0 Å². The van der Waals surface area contributed by atoms with Crippen LogP contribution in [0, 0.1) is 0 Å². The summed E-state index contributed by atoms with van der Waals surface area (Å²) in [6.07, 6.45) is 1.21. The van der Waals surface area contributed by atoms with Gasteiger partial charge < -0.3 is 19.1 Å². The minimum absolute atomic E-state index is 0.000392. The Morgan fingerprint density at radius 3 is 2.56 bits per heavy atom. The van der Waals surface area contributed by atoms with E-state index in [1.54, 1.807) is 4.90 Å². The lowest BCUT2D eigenvalue weighted by Gasteiger charge is -2.23. The maximum Gasteiger partial charge on any atom is 0.307 e. The van der Waals surface area contributed by atoms with Crippen LogP contribution in [-0.2, 0) is 27.3 Å². The predicted molar refractivity (Wildman–Crippen MR) is 99.4 cm³/mol. The molecule has 27 heavy (non-hydrogen) atoms. The molecule has 1 heterocycles. The van der Waals surface area contributed by atoms with E-state index in [1.807, 2.05) is 48.5 Å². The third kappa shape index (κ3) is 5.23. The van der Waals surface area contributed by atoms with Gasteiger partial charge in [-0.25, -0.2) is 0 Å². The van der Waals surface area contributed by atoms with Gasteiger partial charge in [-0.1, -0.05) is 36.4 Å². The molecule has 0 atom stereocenters. The molecule has 1 amide bonds. The second-order valence-electron chi connectivity index (χ2n) is 6.31. The van der Waals surface area contributed by atoms with Gasteiger partial charge in [-0.15, -0.1) is 0 Å². The summed E-state index contributed by atoms with van der Waals surface area (Å²) in [5.41, 5.74) is 2.04. The molecule has 2 aromatic rings. The van der Waals surface area contributed by atoms with Crippen LogP contribution in [0.2, 0.25) is 0 Å². The number of carbonyl (C=O) groups excluding carboxylic acids is 2. The lowest BCUT2D eigenvalue weighted by Crippen LogP contribution is -2.33. The summed E-state index contributed by atoms with van der Waals surface area (Å²) in [5, 5.41) is 0. The number of hydrogen-bond acceptors (Lipinski definition) is 5. The fraction of sp³-hybridized carbons (Fsp3) is 0.333. The molecule has 1 aliphatic heterocycles. The summed E-state index contributed by atoms with van der Waals surface area (Å²) in [6, 6.07) is 15.5. The number of benzene rings is 2. The van der Waals surface area contributed by atoms with E-state index in [2.05, 4.69) is 0 Å². The van der Waals surface area contributed by atoms with E-state index in [0.717, 1.165) is 11.1 Å². The van der Waals surface area contributed by atoms with Gasteiger partial charge in [0.25, 0.3) is 0 Å². The Morgan fingerprint density at radius 2 is 1.78 bits per heavy atom. The molecule has 6 nitrogen and oxygen atoms in total. The van der Waals surface area contributed by atoms with Gasteiger partial charge in [0.05, 0.1) is 13.5 Å². The Labute approximate surface area is 158 Å². The molecule has 0 spiro atoms. The third-order valence-corrected chi connectivity index (χ3v) is 4.45. The van der Waals surface area contributed by atoms with Crippen molar-refractivity contribution in [3.05, 3.63) is 59.7 Å². The zero-order valence-electron chi connectivity index (χ0n) is 15.3. The van der Waals surface area contributed by atoms with Gasteiger partial charge in [-0.05, 0) is 29.7 Å². The highest BCUT2D eigenvalue weighted by Crippen LogP contribution is 2.32. The second kappa shape index (κ2) is 9.07. The second-order valence-corrected chi connectivity index (χ2v) is 6.31.